The summed E-state index contributed by atoms with van der Waals surface area (Å²) in [5.41, 5.74) is 0. The number of aliphatic hydroxyl groups is 1. The molecule has 0 amide bonds. The molecule has 0 aliphatic rings. The van der Waals surface area contributed by atoms with Crippen LogP contribution in [0.5, 0.6) is 0 Å². The molecule has 0 spiro atoms. The van der Waals surface area contributed by atoms with Crippen molar-refractivity contribution < 1.29 is 24.2 Å². The Morgan fingerprint density at radius 3 is 1.47 bits per heavy atom. The number of carbonyl (C=O) groups excluding carboxylic acids is 2. The third-order valence-corrected chi connectivity index (χ3v) is 8.95. The third-order valence-electron chi connectivity index (χ3n) is 8.95. The van der Waals surface area contributed by atoms with Crippen LogP contribution in [0.25, 0.3) is 0 Å². The van der Waals surface area contributed by atoms with Crippen LogP contribution < -0.4 is 0 Å². The summed E-state index contributed by atoms with van der Waals surface area (Å²) in [7, 11) is 0. The van der Waals surface area contributed by atoms with Crippen LogP contribution in [-0.4, -0.2) is 60.9 Å². The normalized spacial score (nSPS) is 12.1. The minimum absolute atomic E-state index is 0.00581. The van der Waals surface area contributed by atoms with Crippen LogP contribution in [0.15, 0.2) is 0 Å². The number of carbonyl (C=O) groups is 2. The Bertz CT molecular complexity index is 629. The van der Waals surface area contributed by atoms with Crippen LogP contribution in [0.2, 0.25) is 0 Å². The Hall–Kier alpha value is -1.14. The number of unbranched alkanes of at least 4 members (excludes halogenated alkanes) is 19. The van der Waals surface area contributed by atoms with Crippen molar-refractivity contribution in [3.05, 3.63) is 0 Å². The molecule has 0 saturated heterocycles. The average molecular weight is 640 g/mol. The zero-order valence-corrected chi connectivity index (χ0v) is 30.4. The molecule has 6 heteroatoms. The average Bonchev–Trinajstić information content (AvgIpc) is 3.03. The Balaban J connectivity index is 3.89. The van der Waals surface area contributed by atoms with E-state index in [0.717, 1.165) is 96.7 Å². The molecule has 45 heavy (non-hydrogen) atoms. The molecule has 1 atom stereocenters. The van der Waals surface area contributed by atoms with E-state index in [1.54, 1.807) is 0 Å². The van der Waals surface area contributed by atoms with Gasteiger partial charge in [-0.25, -0.2) is 0 Å². The molecule has 0 aromatic carbocycles. The zero-order valence-electron chi connectivity index (χ0n) is 30.4. The Morgan fingerprint density at radius 2 is 0.933 bits per heavy atom. The summed E-state index contributed by atoms with van der Waals surface area (Å²) in [4.78, 5) is 26.8. The van der Waals surface area contributed by atoms with E-state index in [1.165, 1.54) is 89.9 Å². The van der Waals surface area contributed by atoms with Gasteiger partial charge in [0, 0.05) is 19.4 Å². The number of hydrogen-bond donors (Lipinski definition) is 1. The molecule has 1 unspecified atom stereocenters. The second-order valence-corrected chi connectivity index (χ2v) is 13.4. The second-order valence-electron chi connectivity index (χ2n) is 13.4. The molecule has 0 aromatic heterocycles. The number of esters is 2. The maximum atomic E-state index is 12.5. The molecule has 0 fully saturated rings. The molecule has 0 heterocycles. The molecule has 268 valence electrons. The smallest absolute Gasteiger partial charge is 0.306 e. The zero-order chi connectivity index (χ0) is 33.1. The standard InChI is InChI=1S/C39H77NO5/c1-4-7-10-15-22-29-37(28-21-12-9-6-3)45-39(43)31-24-17-14-19-26-33-40(34-35-41)32-25-18-13-16-23-30-38(42)44-36-27-20-11-8-5-2/h37,41H,4-36H2,1-3H3. The third kappa shape index (κ3) is 32.6. The maximum Gasteiger partial charge on any atom is 0.306 e. The fourth-order valence-corrected chi connectivity index (χ4v) is 5.99. The fourth-order valence-electron chi connectivity index (χ4n) is 5.99. The fraction of sp³-hybridized carbons (Fsp3) is 0.949. The van der Waals surface area contributed by atoms with Gasteiger partial charge in [0.15, 0.2) is 0 Å². The molecule has 0 aliphatic carbocycles. The topological polar surface area (TPSA) is 76.1 Å². The first kappa shape index (κ1) is 43.9. The van der Waals surface area contributed by atoms with Gasteiger partial charge < -0.3 is 19.5 Å². The van der Waals surface area contributed by atoms with Gasteiger partial charge in [0.2, 0.25) is 0 Å². The summed E-state index contributed by atoms with van der Waals surface area (Å²) in [6.07, 6.45) is 31.3. The Labute approximate surface area is 280 Å². The summed E-state index contributed by atoms with van der Waals surface area (Å²) in [5.74, 6) is -0.0314. The van der Waals surface area contributed by atoms with Gasteiger partial charge in [-0.3, -0.25) is 9.59 Å². The highest BCUT2D eigenvalue weighted by molar-refractivity contribution is 5.69. The number of ether oxygens (including phenoxy) is 2. The molecule has 0 bridgehead atoms. The van der Waals surface area contributed by atoms with E-state index in [0.29, 0.717) is 19.4 Å². The van der Waals surface area contributed by atoms with E-state index < -0.39 is 0 Å². The quantitative estimate of drug-likeness (QED) is 0.0543. The lowest BCUT2D eigenvalue weighted by atomic mass is 10.0. The van der Waals surface area contributed by atoms with Crippen LogP contribution in [0.3, 0.4) is 0 Å². The van der Waals surface area contributed by atoms with E-state index in [9.17, 15) is 14.7 Å². The molecular formula is C39H77NO5. The van der Waals surface area contributed by atoms with Gasteiger partial charge in [-0.2, -0.15) is 0 Å². The van der Waals surface area contributed by atoms with Crippen molar-refractivity contribution in [3.8, 4) is 0 Å². The molecular weight excluding hydrogens is 562 g/mol. The van der Waals surface area contributed by atoms with Gasteiger partial charge in [0.05, 0.1) is 13.2 Å². The van der Waals surface area contributed by atoms with Crippen molar-refractivity contribution in [2.45, 2.75) is 207 Å². The molecule has 0 saturated carbocycles. The summed E-state index contributed by atoms with van der Waals surface area (Å²) in [6.45, 7) is 10.3. The van der Waals surface area contributed by atoms with Crippen molar-refractivity contribution >= 4 is 11.9 Å². The highest BCUT2D eigenvalue weighted by Gasteiger charge is 2.14. The molecule has 6 nitrogen and oxygen atoms in total. The lowest BCUT2D eigenvalue weighted by Crippen LogP contribution is -2.29. The van der Waals surface area contributed by atoms with Crippen LogP contribution in [0, 0.1) is 0 Å². The molecule has 0 aromatic rings. The van der Waals surface area contributed by atoms with Gasteiger partial charge in [-0.15, -0.1) is 0 Å². The number of aliphatic hydroxyl groups excluding tert-OH is 1. The van der Waals surface area contributed by atoms with E-state index in [1.807, 2.05) is 0 Å². The monoisotopic (exact) mass is 640 g/mol. The summed E-state index contributed by atoms with van der Waals surface area (Å²) in [5, 5.41) is 9.49. The number of nitrogens with zero attached hydrogens (tertiary/aromatic N) is 1. The van der Waals surface area contributed by atoms with Crippen molar-refractivity contribution in [2.75, 3.05) is 32.8 Å². The SMILES string of the molecule is CCCCCCCOC(=O)CCCCCCCN(CCO)CCCCCCCC(=O)OC(CCCCCC)CCCCCCC. The Kier molecular flexibility index (Phi) is 34.8. The van der Waals surface area contributed by atoms with Gasteiger partial charge in [0.25, 0.3) is 0 Å². The van der Waals surface area contributed by atoms with Crippen LogP contribution >= 0.6 is 0 Å². The molecule has 0 rings (SSSR count). The first-order chi connectivity index (χ1) is 22.1. The predicted octanol–water partition coefficient (Wildman–Crippen LogP) is 10.7. The lowest BCUT2D eigenvalue weighted by Gasteiger charge is -2.21. The van der Waals surface area contributed by atoms with E-state index >= 15 is 0 Å². The van der Waals surface area contributed by atoms with Crippen molar-refractivity contribution in [1.82, 2.24) is 4.90 Å². The summed E-state index contributed by atoms with van der Waals surface area (Å²) < 4.78 is 11.3. The van der Waals surface area contributed by atoms with Crippen LogP contribution in [0.4, 0.5) is 0 Å². The van der Waals surface area contributed by atoms with Gasteiger partial charge in [-0.1, -0.05) is 130 Å². The van der Waals surface area contributed by atoms with Crippen molar-refractivity contribution in [2.24, 2.45) is 0 Å². The van der Waals surface area contributed by atoms with E-state index in [4.69, 9.17) is 9.47 Å². The summed E-state index contributed by atoms with van der Waals surface area (Å²) >= 11 is 0. The predicted molar refractivity (Wildman–Crippen MR) is 191 cm³/mol. The highest BCUT2D eigenvalue weighted by Crippen LogP contribution is 2.18. The highest BCUT2D eigenvalue weighted by atomic mass is 16.5. The first-order valence-corrected chi connectivity index (χ1v) is 19.8. The Morgan fingerprint density at radius 1 is 0.511 bits per heavy atom. The van der Waals surface area contributed by atoms with Crippen LogP contribution in [0.1, 0.15) is 201 Å². The second kappa shape index (κ2) is 35.7. The first-order valence-electron chi connectivity index (χ1n) is 19.8. The largest absolute Gasteiger partial charge is 0.466 e. The lowest BCUT2D eigenvalue weighted by molar-refractivity contribution is -0.150. The van der Waals surface area contributed by atoms with E-state index in [-0.39, 0.29) is 24.6 Å². The van der Waals surface area contributed by atoms with Gasteiger partial charge in [-0.05, 0) is 70.9 Å². The maximum absolute atomic E-state index is 12.5. The molecule has 0 radical (unpaired) electrons. The van der Waals surface area contributed by atoms with Crippen LogP contribution in [-0.2, 0) is 19.1 Å². The van der Waals surface area contributed by atoms with E-state index in [2.05, 4.69) is 25.7 Å². The molecule has 0 aliphatic heterocycles. The van der Waals surface area contributed by atoms with Gasteiger partial charge >= 0.3 is 11.9 Å². The molecule has 1 N–H and O–H groups in total. The summed E-state index contributed by atoms with van der Waals surface area (Å²) in [6, 6.07) is 0. The number of rotatable bonds is 36. The van der Waals surface area contributed by atoms with Crippen molar-refractivity contribution in [3.63, 3.8) is 0 Å². The minimum atomic E-state index is -0.0372. The minimum Gasteiger partial charge on any atom is -0.466 e. The van der Waals surface area contributed by atoms with Crippen molar-refractivity contribution in [1.29, 1.82) is 0 Å². The number of hydrogen-bond acceptors (Lipinski definition) is 6. The van der Waals surface area contributed by atoms with Gasteiger partial charge in [0.1, 0.15) is 6.10 Å².